The number of hydrogen-bond donors (Lipinski definition) is 3. The molecule has 134 valence electrons. The first-order valence-corrected chi connectivity index (χ1v) is 8.86. The molecule has 2 amide bonds. The molecule has 25 heavy (non-hydrogen) atoms. The summed E-state index contributed by atoms with van der Waals surface area (Å²) < 4.78 is 2.16. The van der Waals surface area contributed by atoms with Crippen molar-refractivity contribution < 1.29 is 14.7 Å². The number of nitrogens with zero attached hydrogens (tertiary/aromatic N) is 1. The van der Waals surface area contributed by atoms with E-state index in [1.54, 1.807) is 0 Å². The quantitative estimate of drug-likeness (QED) is 0.634. The van der Waals surface area contributed by atoms with Gasteiger partial charge >= 0.3 is 0 Å². The van der Waals surface area contributed by atoms with Crippen molar-refractivity contribution in [2.75, 3.05) is 6.54 Å². The number of benzene rings is 1. The van der Waals surface area contributed by atoms with Gasteiger partial charge in [-0.1, -0.05) is 18.2 Å². The SMILES string of the molecule is CC(O)C(NC(=O)C1CC1)C(=O)NCCCn1ccc2ccccc21. The van der Waals surface area contributed by atoms with Gasteiger partial charge in [-0.2, -0.15) is 0 Å². The highest BCUT2D eigenvalue weighted by Crippen LogP contribution is 2.28. The Hall–Kier alpha value is -2.34. The molecule has 1 aliphatic carbocycles. The molecular weight excluding hydrogens is 318 g/mol. The van der Waals surface area contributed by atoms with Crippen LogP contribution in [-0.2, 0) is 16.1 Å². The number of aromatic nitrogens is 1. The molecule has 0 radical (unpaired) electrons. The molecule has 1 fully saturated rings. The molecule has 2 unspecified atom stereocenters. The first-order valence-electron chi connectivity index (χ1n) is 8.86. The Bertz CT molecular complexity index is 749. The summed E-state index contributed by atoms with van der Waals surface area (Å²) in [4.78, 5) is 24.1. The number of carbonyl (C=O) groups excluding carboxylic acids is 2. The van der Waals surface area contributed by atoms with Gasteiger partial charge in [-0.25, -0.2) is 0 Å². The molecule has 6 heteroatoms. The molecule has 0 bridgehead atoms. The molecule has 2 aromatic rings. The zero-order valence-electron chi connectivity index (χ0n) is 14.4. The molecule has 3 rings (SSSR count). The molecule has 2 atom stereocenters. The van der Waals surface area contributed by atoms with Crippen LogP contribution in [-0.4, -0.2) is 40.2 Å². The van der Waals surface area contributed by atoms with Crippen molar-refractivity contribution in [3.63, 3.8) is 0 Å². The molecular formula is C19H25N3O3. The van der Waals surface area contributed by atoms with Gasteiger partial charge in [0.05, 0.1) is 6.10 Å². The zero-order valence-corrected chi connectivity index (χ0v) is 14.4. The monoisotopic (exact) mass is 343 g/mol. The summed E-state index contributed by atoms with van der Waals surface area (Å²) in [6, 6.07) is 9.36. The Labute approximate surface area is 147 Å². The van der Waals surface area contributed by atoms with E-state index >= 15 is 0 Å². The van der Waals surface area contributed by atoms with Crippen molar-refractivity contribution in [2.24, 2.45) is 5.92 Å². The maximum atomic E-state index is 12.2. The highest BCUT2D eigenvalue weighted by molar-refractivity contribution is 5.89. The highest BCUT2D eigenvalue weighted by atomic mass is 16.3. The van der Waals surface area contributed by atoms with Crippen molar-refractivity contribution in [3.8, 4) is 0 Å². The second kappa shape index (κ2) is 7.70. The van der Waals surface area contributed by atoms with Crippen LogP contribution < -0.4 is 10.6 Å². The molecule has 0 spiro atoms. The van der Waals surface area contributed by atoms with Crippen LogP contribution in [0.2, 0.25) is 0 Å². The Morgan fingerprint density at radius 1 is 1.28 bits per heavy atom. The lowest BCUT2D eigenvalue weighted by Gasteiger charge is -2.21. The van der Waals surface area contributed by atoms with E-state index in [0.29, 0.717) is 6.54 Å². The molecule has 0 saturated heterocycles. The van der Waals surface area contributed by atoms with Gasteiger partial charge in [0, 0.05) is 30.7 Å². The topological polar surface area (TPSA) is 83.4 Å². The van der Waals surface area contributed by atoms with Crippen molar-refractivity contribution in [3.05, 3.63) is 36.5 Å². The number of aryl methyl sites for hydroxylation is 1. The van der Waals surface area contributed by atoms with Crippen molar-refractivity contribution >= 4 is 22.7 Å². The first kappa shape index (κ1) is 17.5. The summed E-state index contributed by atoms with van der Waals surface area (Å²) in [5.41, 5.74) is 1.17. The maximum absolute atomic E-state index is 12.2. The van der Waals surface area contributed by atoms with Gasteiger partial charge in [-0.15, -0.1) is 0 Å². The summed E-state index contributed by atoms with van der Waals surface area (Å²) >= 11 is 0. The third-order valence-corrected chi connectivity index (χ3v) is 4.57. The van der Waals surface area contributed by atoms with Gasteiger partial charge in [0.2, 0.25) is 11.8 Å². The van der Waals surface area contributed by atoms with Crippen molar-refractivity contribution in [2.45, 2.75) is 44.9 Å². The predicted molar refractivity (Wildman–Crippen MR) is 95.9 cm³/mol. The number of aliphatic hydroxyl groups excluding tert-OH is 1. The molecule has 1 saturated carbocycles. The van der Waals surface area contributed by atoms with Crippen LogP contribution in [0.5, 0.6) is 0 Å². The van der Waals surface area contributed by atoms with E-state index < -0.39 is 12.1 Å². The lowest BCUT2D eigenvalue weighted by molar-refractivity contribution is -0.132. The lowest BCUT2D eigenvalue weighted by atomic mass is 10.1. The smallest absolute Gasteiger partial charge is 0.245 e. The van der Waals surface area contributed by atoms with Gasteiger partial charge in [-0.3, -0.25) is 9.59 Å². The molecule has 1 aromatic heterocycles. The number of carbonyl (C=O) groups is 2. The minimum absolute atomic E-state index is 0.0103. The van der Waals surface area contributed by atoms with Crippen LogP contribution >= 0.6 is 0 Å². The number of nitrogens with one attached hydrogen (secondary N) is 2. The van der Waals surface area contributed by atoms with E-state index in [2.05, 4.69) is 33.4 Å². The van der Waals surface area contributed by atoms with E-state index in [0.717, 1.165) is 25.8 Å². The standard InChI is InChI=1S/C19H25N3O3/c1-13(23)17(21-18(24)15-7-8-15)19(25)20-10-4-11-22-12-9-14-5-2-3-6-16(14)22/h2-3,5-6,9,12-13,15,17,23H,4,7-8,10-11H2,1H3,(H,20,25)(H,21,24). The van der Waals surface area contributed by atoms with Crippen LogP contribution in [0.4, 0.5) is 0 Å². The molecule has 1 aliphatic rings. The minimum Gasteiger partial charge on any atom is -0.391 e. The van der Waals surface area contributed by atoms with Gasteiger partial charge in [-0.05, 0) is 43.7 Å². The van der Waals surface area contributed by atoms with Gasteiger partial charge in [0.15, 0.2) is 0 Å². The number of fused-ring (bicyclic) bond motifs is 1. The fourth-order valence-corrected chi connectivity index (χ4v) is 2.93. The molecule has 1 heterocycles. The summed E-state index contributed by atoms with van der Waals surface area (Å²) in [5.74, 6) is -0.461. The Balaban J connectivity index is 1.46. The third kappa shape index (κ3) is 4.39. The van der Waals surface area contributed by atoms with Crippen molar-refractivity contribution in [1.29, 1.82) is 0 Å². The number of aliphatic hydroxyl groups is 1. The predicted octanol–water partition coefficient (Wildman–Crippen LogP) is 1.42. The summed E-state index contributed by atoms with van der Waals surface area (Å²) in [6.45, 7) is 2.80. The normalized spacial score (nSPS) is 16.4. The average molecular weight is 343 g/mol. The molecule has 3 N–H and O–H groups in total. The number of hydrogen-bond acceptors (Lipinski definition) is 3. The second-order valence-electron chi connectivity index (χ2n) is 6.71. The van der Waals surface area contributed by atoms with E-state index in [1.807, 2.05) is 18.3 Å². The summed E-state index contributed by atoms with van der Waals surface area (Å²) in [6.07, 6.45) is 3.63. The summed E-state index contributed by atoms with van der Waals surface area (Å²) in [5, 5.41) is 16.4. The van der Waals surface area contributed by atoms with Crippen LogP contribution in [0, 0.1) is 5.92 Å². The number of para-hydroxylation sites is 1. The van der Waals surface area contributed by atoms with Gasteiger partial charge in [0.25, 0.3) is 0 Å². The van der Waals surface area contributed by atoms with E-state index in [9.17, 15) is 14.7 Å². The average Bonchev–Trinajstić information content (AvgIpc) is 3.37. The van der Waals surface area contributed by atoms with Crippen molar-refractivity contribution in [1.82, 2.24) is 15.2 Å². The fourth-order valence-electron chi connectivity index (χ4n) is 2.93. The largest absolute Gasteiger partial charge is 0.391 e. The van der Waals surface area contributed by atoms with Crippen LogP contribution in [0.1, 0.15) is 26.2 Å². The number of rotatable bonds is 8. The Morgan fingerprint density at radius 3 is 2.76 bits per heavy atom. The van der Waals surface area contributed by atoms with Crippen LogP contribution in [0.3, 0.4) is 0 Å². The maximum Gasteiger partial charge on any atom is 0.245 e. The second-order valence-corrected chi connectivity index (χ2v) is 6.71. The first-order chi connectivity index (χ1) is 12.1. The molecule has 6 nitrogen and oxygen atoms in total. The van der Waals surface area contributed by atoms with Gasteiger partial charge < -0.3 is 20.3 Å². The fraction of sp³-hybridized carbons (Fsp3) is 0.474. The molecule has 0 aliphatic heterocycles. The minimum atomic E-state index is -0.920. The Kier molecular flexibility index (Phi) is 5.38. The Morgan fingerprint density at radius 2 is 2.04 bits per heavy atom. The lowest BCUT2D eigenvalue weighted by Crippen LogP contribution is -2.53. The third-order valence-electron chi connectivity index (χ3n) is 4.57. The number of amides is 2. The van der Waals surface area contributed by atoms with E-state index in [-0.39, 0.29) is 17.7 Å². The zero-order chi connectivity index (χ0) is 17.8. The van der Waals surface area contributed by atoms with E-state index in [1.165, 1.54) is 17.8 Å². The van der Waals surface area contributed by atoms with Gasteiger partial charge in [0.1, 0.15) is 6.04 Å². The van der Waals surface area contributed by atoms with E-state index in [4.69, 9.17) is 0 Å². The summed E-state index contributed by atoms with van der Waals surface area (Å²) in [7, 11) is 0. The van der Waals surface area contributed by atoms with Crippen LogP contribution in [0.15, 0.2) is 36.5 Å². The highest BCUT2D eigenvalue weighted by Gasteiger charge is 2.34. The molecule has 1 aromatic carbocycles. The van der Waals surface area contributed by atoms with Crippen LogP contribution in [0.25, 0.3) is 10.9 Å².